The van der Waals surface area contributed by atoms with Crippen molar-refractivity contribution in [2.75, 3.05) is 16.3 Å². The molecule has 0 N–H and O–H groups in total. The molecule has 44 heavy (non-hydrogen) atoms. The van der Waals surface area contributed by atoms with Gasteiger partial charge in [-0.25, -0.2) is 0 Å². The number of aromatic nitrogens is 2. The van der Waals surface area contributed by atoms with Crippen molar-refractivity contribution in [3.05, 3.63) is 124 Å². The van der Waals surface area contributed by atoms with Gasteiger partial charge < -0.3 is 9.32 Å². The Morgan fingerprint density at radius 1 is 0.864 bits per heavy atom. The molecule has 0 saturated heterocycles. The number of fused-ring (bicyclic) bond motifs is 6. The zero-order valence-corrected chi connectivity index (χ0v) is 25.2. The van der Waals surface area contributed by atoms with Crippen LogP contribution in [0.3, 0.4) is 0 Å². The van der Waals surface area contributed by atoms with Gasteiger partial charge in [0, 0.05) is 17.9 Å². The second kappa shape index (κ2) is 10.1. The number of hydrogen-bond acceptors (Lipinski definition) is 8. The van der Waals surface area contributed by atoms with Crippen LogP contribution in [0.1, 0.15) is 40.6 Å². The zero-order chi connectivity index (χ0) is 30.0. The van der Waals surface area contributed by atoms with Crippen molar-refractivity contribution in [2.24, 2.45) is 0 Å². The summed E-state index contributed by atoms with van der Waals surface area (Å²) in [4.78, 5) is 46.3. The third kappa shape index (κ3) is 3.67. The SMILES string of the molecule is CCCN1C(=O)C2(c3ccccc31)c1c(oc3ccccc3c1=O)C(=O)N2c1nnc(SCc2cccc3ccccc23)s1. The first-order chi connectivity index (χ1) is 21.5. The molecule has 10 heteroatoms. The number of thioether (sulfide) groups is 1. The van der Waals surface area contributed by atoms with Crippen molar-refractivity contribution < 1.29 is 14.0 Å². The largest absolute Gasteiger partial charge is 0.450 e. The molecule has 0 radical (unpaired) electrons. The fraction of sp³-hybridized carbons (Fsp3) is 0.147. The van der Waals surface area contributed by atoms with Crippen LogP contribution in [0.25, 0.3) is 21.7 Å². The van der Waals surface area contributed by atoms with Crippen molar-refractivity contribution in [3.63, 3.8) is 0 Å². The molecule has 0 saturated carbocycles. The van der Waals surface area contributed by atoms with Gasteiger partial charge in [-0.1, -0.05) is 103 Å². The first kappa shape index (κ1) is 26.8. The lowest BCUT2D eigenvalue weighted by atomic mass is 9.84. The first-order valence-corrected chi connectivity index (χ1v) is 16.1. The van der Waals surface area contributed by atoms with Gasteiger partial charge in [-0.3, -0.25) is 19.3 Å². The Morgan fingerprint density at radius 3 is 2.48 bits per heavy atom. The van der Waals surface area contributed by atoms with Crippen LogP contribution in [0.5, 0.6) is 0 Å². The number of anilines is 2. The topological polar surface area (TPSA) is 96.6 Å². The Morgan fingerprint density at radius 2 is 1.61 bits per heavy atom. The predicted octanol–water partition coefficient (Wildman–Crippen LogP) is 6.75. The number of rotatable bonds is 6. The van der Waals surface area contributed by atoms with E-state index in [1.165, 1.54) is 28.0 Å². The van der Waals surface area contributed by atoms with E-state index >= 15 is 0 Å². The van der Waals surface area contributed by atoms with Gasteiger partial charge in [-0.05, 0) is 41.0 Å². The molecule has 8 rings (SSSR count). The van der Waals surface area contributed by atoms with Crippen molar-refractivity contribution in [1.29, 1.82) is 0 Å². The van der Waals surface area contributed by atoms with Crippen LogP contribution >= 0.6 is 23.1 Å². The van der Waals surface area contributed by atoms with E-state index in [0.717, 1.165) is 16.3 Å². The summed E-state index contributed by atoms with van der Waals surface area (Å²) in [5.74, 6) is -0.468. The van der Waals surface area contributed by atoms with Crippen LogP contribution in [0.4, 0.5) is 10.8 Å². The number of benzene rings is 4. The van der Waals surface area contributed by atoms with E-state index in [-0.39, 0.29) is 27.9 Å². The molecule has 8 nitrogen and oxygen atoms in total. The van der Waals surface area contributed by atoms with Gasteiger partial charge in [0.05, 0.1) is 16.6 Å². The van der Waals surface area contributed by atoms with E-state index in [4.69, 9.17) is 4.42 Å². The molecular weight excluding hydrogens is 593 g/mol. The quantitative estimate of drug-likeness (QED) is 0.151. The average molecular weight is 617 g/mol. The molecule has 0 fully saturated rings. The first-order valence-electron chi connectivity index (χ1n) is 14.3. The molecule has 1 atom stereocenters. The number of para-hydroxylation sites is 2. The second-order valence-corrected chi connectivity index (χ2v) is 12.9. The van der Waals surface area contributed by atoms with Crippen molar-refractivity contribution >= 4 is 67.5 Å². The Hall–Kier alpha value is -4.80. The van der Waals surface area contributed by atoms with Gasteiger partial charge >= 0.3 is 0 Å². The summed E-state index contributed by atoms with van der Waals surface area (Å²) in [7, 11) is 0. The third-order valence-electron chi connectivity index (χ3n) is 8.30. The summed E-state index contributed by atoms with van der Waals surface area (Å²) in [5, 5.41) is 11.7. The summed E-state index contributed by atoms with van der Waals surface area (Å²) in [5.41, 5.74) is 0.504. The zero-order valence-electron chi connectivity index (χ0n) is 23.5. The molecular formula is C34H24N4O4S2. The molecule has 1 spiro atoms. The molecule has 0 aliphatic carbocycles. The van der Waals surface area contributed by atoms with Gasteiger partial charge in [-0.15, -0.1) is 10.2 Å². The number of nitrogens with zero attached hydrogens (tertiary/aromatic N) is 4. The molecule has 6 aromatic rings. The maximum atomic E-state index is 14.7. The van der Waals surface area contributed by atoms with Gasteiger partial charge in [0.25, 0.3) is 11.8 Å². The highest BCUT2D eigenvalue weighted by Gasteiger charge is 2.66. The summed E-state index contributed by atoms with van der Waals surface area (Å²) in [6, 6.07) is 28.6. The Bertz CT molecular complexity index is 2200. The molecule has 1 unspecified atom stereocenters. The standard InChI is InChI=1S/C34H24N4O4S2/c1-2-18-37-25-16-7-6-15-24(25)34(31(37)41)27-28(39)23-14-5-8-17-26(23)42-29(27)30(40)38(34)32-35-36-33(44-32)43-19-21-12-9-11-20-10-3-4-13-22(20)21/h3-17H,2,18-19H2,1H3. The van der Waals surface area contributed by atoms with Gasteiger partial charge in [0.1, 0.15) is 5.58 Å². The highest BCUT2D eigenvalue weighted by molar-refractivity contribution is 8.00. The fourth-order valence-corrected chi connectivity index (χ4v) is 8.36. The highest BCUT2D eigenvalue weighted by Crippen LogP contribution is 2.54. The van der Waals surface area contributed by atoms with Gasteiger partial charge in [0.15, 0.2) is 15.3 Å². The van der Waals surface area contributed by atoms with Crippen LogP contribution in [0.15, 0.2) is 105 Å². The minimum atomic E-state index is -1.76. The highest BCUT2D eigenvalue weighted by atomic mass is 32.2. The Labute approximate surface area is 259 Å². The van der Waals surface area contributed by atoms with Crippen LogP contribution in [-0.2, 0) is 16.1 Å². The van der Waals surface area contributed by atoms with E-state index in [9.17, 15) is 14.4 Å². The number of carbonyl (C=O) groups is 2. The predicted molar refractivity (Wildman–Crippen MR) is 173 cm³/mol. The molecule has 0 bridgehead atoms. The van der Waals surface area contributed by atoms with E-state index in [1.54, 1.807) is 29.2 Å². The summed E-state index contributed by atoms with van der Waals surface area (Å²) >= 11 is 2.73. The molecule has 2 aliphatic rings. The van der Waals surface area contributed by atoms with Crippen LogP contribution < -0.4 is 15.2 Å². The monoisotopic (exact) mass is 616 g/mol. The summed E-state index contributed by atoms with van der Waals surface area (Å²) in [6.07, 6.45) is 0.692. The Kier molecular flexibility index (Phi) is 6.18. The van der Waals surface area contributed by atoms with Crippen LogP contribution in [-0.4, -0.2) is 28.6 Å². The molecule has 2 aliphatic heterocycles. The number of amides is 2. The lowest BCUT2D eigenvalue weighted by Gasteiger charge is -2.32. The molecule has 2 aromatic heterocycles. The van der Waals surface area contributed by atoms with Gasteiger partial charge in [0.2, 0.25) is 10.9 Å². The lowest BCUT2D eigenvalue weighted by Crippen LogP contribution is -2.53. The third-order valence-corrected chi connectivity index (χ3v) is 10.4. The molecule has 216 valence electrons. The second-order valence-electron chi connectivity index (χ2n) is 10.7. The van der Waals surface area contributed by atoms with E-state index in [1.807, 2.05) is 49.4 Å². The van der Waals surface area contributed by atoms with Crippen molar-refractivity contribution in [2.45, 2.75) is 29.0 Å². The lowest BCUT2D eigenvalue weighted by molar-refractivity contribution is -0.121. The molecule has 4 heterocycles. The minimum Gasteiger partial charge on any atom is -0.450 e. The van der Waals surface area contributed by atoms with Crippen LogP contribution in [0, 0.1) is 0 Å². The normalized spacial score (nSPS) is 17.3. The van der Waals surface area contributed by atoms with Crippen LogP contribution in [0.2, 0.25) is 0 Å². The molecule has 2 amide bonds. The summed E-state index contributed by atoms with van der Waals surface area (Å²) in [6.45, 7) is 2.41. The van der Waals surface area contributed by atoms with Crippen molar-refractivity contribution in [3.8, 4) is 0 Å². The van der Waals surface area contributed by atoms with Gasteiger partial charge in [-0.2, -0.15) is 0 Å². The van der Waals surface area contributed by atoms with E-state index in [2.05, 4.69) is 34.5 Å². The van der Waals surface area contributed by atoms with Crippen molar-refractivity contribution in [1.82, 2.24) is 10.2 Å². The summed E-state index contributed by atoms with van der Waals surface area (Å²) < 4.78 is 6.78. The van der Waals surface area contributed by atoms with E-state index in [0.29, 0.717) is 39.7 Å². The maximum absolute atomic E-state index is 14.7. The minimum absolute atomic E-state index is 0.0254. The van der Waals surface area contributed by atoms with E-state index < -0.39 is 16.9 Å². The maximum Gasteiger partial charge on any atom is 0.297 e. The number of hydrogen-bond donors (Lipinski definition) is 0. The fourth-order valence-electron chi connectivity index (χ4n) is 6.46. The smallest absolute Gasteiger partial charge is 0.297 e. The average Bonchev–Trinajstić information content (AvgIpc) is 3.69. The Balaban J connectivity index is 1.28. The number of carbonyl (C=O) groups excluding carboxylic acids is 2. The molecule has 4 aromatic carbocycles.